The van der Waals surface area contributed by atoms with Crippen molar-refractivity contribution in [2.24, 2.45) is 0 Å². The van der Waals surface area contributed by atoms with Gasteiger partial charge in [0.15, 0.2) is 0 Å². The molecule has 0 radical (unpaired) electrons. The second-order valence-electron chi connectivity index (χ2n) is 6.04. The summed E-state index contributed by atoms with van der Waals surface area (Å²) in [5.74, 6) is -0.183. The molecule has 0 bridgehead atoms. The van der Waals surface area contributed by atoms with Crippen molar-refractivity contribution in [2.45, 2.75) is 23.8 Å². The molecule has 1 heterocycles. The number of likely N-dealkylation sites (tertiary alicyclic amines) is 1. The van der Waals surface area contributed by atoms with Crippen molar-refractivity contribution in [2.75, 3.05) is 13.1 Å². The highest BCUT2D eigenvalue weighted by molar-refractivity contribution is 7.80. The molecule has 1 saturated heterocycles. The van der Waals surface area contributed by atoms with Gasteiger partial charge in [0, 0.05) is 24.0 Å². The van der Waals surface area contributed by atoms with Gasteiger partial charge < -0.3 is 10.2 Å². The Kier molecular flexibility index (Phi) is 5.66. The maximum Gasteiger partial charge on any atom is 0.255 e. The van der Waals surface area contributed by atoms with Crippen LogP contribution in [-0.2, 0) is 0 Å². The molecule has 3 rings (SSSR count). The second-order valence-corrected chi connectivity index (χ2v) is 6.93. The number of rotatable bonds is 3. The molecule has 1 aliphatic rings. The quantitative estimate of drug-likeness (QED) is 0.805. The Hall–Kier alpha value is -1.98. The van der Waals surface area contributed by atoms with Gasteiger partial charge in [0.25, 0.3) is 11.8 Å². The third-order valence-corrected chi connectivity index (χ3v) is 5.09. The number of hydrogen-bond acceptors (Lipinski definition) is 3. The summed E-state index contributed by atoms with van der Waals surface area (Å²) in [7, 11) is 0. The maximum atomic E-state index is 12.6. The molecule has 0 saturated carbocycles. The lowest BCUT2D eigenvalue weighted by atomic mass is 10.0. The van der Waals surface area contributed by atoms with Crippen molar-refractivity contribution >= 4 is 36.0 Å². The number of piperidine rings is 1. The van der Waals surface area contributed by atoms with Crippen molar-refractivity contribution in [1.29, 1.82) is 0 Å². The van der Waals surface area contributed by atoms with E-state index in [1.807, 2.05) is 12.1 Å². The van der Waals surface area contributed by atoms with E-state index in [2.05, 4.69) is 17.9 Å². The summed E-state index contributed by atoms with van der Waals surface area (Å²) in [6, 6.07) is 14.3. The van der Waals surface area contributed by atoms with Crippen LogP contribution in [0.2, 0.25) is 5.02 Å². The van der Waals surface area contributed by atoms with Crippen LogP contribution in [0.4, 0.5) is 0 Å². The van der Waals surface area contributed by atoms with E-state index in [4.69, 9.17) is 11.6 Å². The molecule has 130 valence electrons. The monoisotopic (exact) mass is 374 g/mol. The molecule has 1 fully saturated rings. The van der Waals surface area contributed by atoms with Crippen LogP contribution in [0.25, 0.3) is 0 Å². The number of carbonyl (C=O) groups is 2. The van der Waals surface area contributed by atoms with Crippen LogP contribution in [0, 0.1) is 0 Å². The number of nitrogens with zero attached hydrogens (tertiary/aromatic N) is 1. The van der Waals surface area contributed by atoms with Crippen molar-refractivity contribution in [1.82, 2.24) is 10.2 Å². The highest BCUT2D eigenvalue weighted by Crippen LogP contribution is 2.20. The Balaban J connectivity index is 1.57. The second kappa shape index (κ2) is 7.93. The van der Waals surface area contributed by atoms with Crippen molar-refractivity contribution in [3.05, 3.63) is 64.7 Å². The van der Waals surface area contributed by atoms with Crippen LogP contribution in [0.1, 0.15) is 33.6 Å². The number of halogens is 1. The van der Waals surface area contributed by atoms with Crippen molar-refractivity contribution in [3.8, 4) is 0 Å². The topological polar surface area (TPSA) is 49.4 Å². The largest absolute Gasteiger partial charge is 0.349 e. The first-order chi connectivity index (χ1) is 12.1. The van der Waals surface area contributed by atoms with E-state index in [0.717, 1.165) is 12.8 Å². The van der Waals surface area contributed by atoms with Crippen LogP contribution in [0.15, 0.2) is 53.4 Å². The minimum Gasteiger partial charge on any atom is -0.349 e. The molecular formula is C19H19ClN2O2S. The van der Waals surface area contributed by atoms with E-state index >= 15 is 0 Å². The average molecular weight is 375 g/mol. The van der Waals surface area contributed by atoms with E-state index in [9.17, 15) is 9.59 Å². The molecular weight excluding hydrogens is 356 g/mol. The molecule has 0 unspecified atom stereocenters. The molecule has 4 nitrogen and oxygen atoms in total. The molecule has 1 N–H and O–H groups in total. The van der Waals surface area contributed by atoms with Gasteiger partial charge in [-0.2, -0.15) is 0 Å². The van der Waals surface area contributed by atoms with Gasteiger partial charge in [-0.15, -0.1) is 12.6 Å². The fourth-order valence-electron chi connectivity index (χ4n) is 2.96. The van der Waals surface area contributed by atoms with Gasteiger partial charge in [0.2, 0.25) is 0 Å². The Morgan fingerprint density at radius 3 is 2.24 bits per heavy atom. The lowest BCUT2D eigenvalue weighted by Crippen LogP contribution is -2.46. The molecule has 2 aromatic carbocycles. The van der Waals surface area contributed by atoms with Crippen LogP contribution < -0.4 is 5.32 Å². The summed E-state index contributed by atoms with van der Waals surface area (Å²) in [4.78, 5) is 27.4. The van der Waals surface area contributed by atoms with E-state index in [0.29, 0.717) is 34.1 Å². The molecule has 2 amide bonds. The van der Waals surface area contributed by atoms with Gasteiger partial charge in [-0.25, -0.2) is 0 Å². The van der Waals surface area contributed by atoms with E-state index in [1.165, 1.54) is 0 Å². The van der Waals surface area contributed by atoms with E-state index in [-0.39, 0.29) is 17.9 Å². The van der Waals surface area contributed by atoms with Crippen molar-refractivity contribution < 1.29 is 9.59 Å². The fourth-order valence-corrected chi connectivity index (χ4v) is 3.44. The Morgan fingerprint density at radius 1 is 1.00 bits per heavy atom. The van der Waals surface area contributed by atoms with Crippen LogP contribution >= 0.6 is 24.2 Å². The van der Waals surface area contributed by atoms with Gasteiger partial charge in [-0.3, -0.25) is 9.59 Å². The minimum atomic E-state index is -0.124. The first-order valence-corrected chi connectivity index (χ1v) is 9.01. The molecule has 25 heavy (non-hydrogen) atoms. The Morgan fingerprint density at radius 2 is 1.60 bits per heavy atom. The molecule has 0 aliphatic carbocycles. The lowest BCUT2D eigenvalue weighted by molar-refractivity contribution is 0.0698. The Bertz CT molecular complexity index is 788. The number of amides is 2. The molecule has 1 aliphatic heterocycles. The van der Waals surface area contributed by atoms with Crippen LogP contribution in [-0.4, -0.2) is 35.8 Å². The number of carbonyl (C=O) groups excluding carboxylic acids is 2. The van der Waals surface area contributed by atoms with Gasteiger partial charge in [0.05, 0.1) is 16.1 Å². The first kappa shape index (κ1) is 17.8. The zero-order valence-corrected chi connectivity index (χ0v) is 15.3. The predicted octanol–water partition coefficient (Wildman–Crippen LogP) is 3.66. The highest BCUT2D eigenvalue weighted by atomic mass is 35.5. The summed E-state index contributed by atoms with van der Waals surface area (Å²) in [5, 5.41) is 3.50. The number of thiol groups is 1. The third kappa shape index (κ3) is 4.17. The van der Waals surface area contributed by atoms with Crippen LogP contribution in [0.5, 0.6) is 0 Å². The lowest BCUT2D eigenvalue weighted by Gasteiger charge is -2.32. The van der Waals surface area contributed by atoms with Gasteiger partial charge in [-0.05, 0) is 37.1 Å². The summed E-state index contributed by atoms with van der Waals surface area (Å²) in [6.45, 7) is 1.19. The molecule has 0 spiro atoms. The molecule has 0 aromatic heterocycles. The number of benzene rings is 2. The average Bonchev–Trinajstić information content (AvgIpc) is 2.62. The van der Waals surface area contributed by atoms with Gasteiger partial charge in [-0.1, -0.05) is 35.9 Å². The van der Waals surface area contributed by atoms with Crippen LogP contribution in [0.3, 0.4) is 0 Å². The summed E-state index contributed by atoms with van der Waals surface area (Å²) in [6.07, 6.45) is 1.44. The Labute approximate surface area is 157 Å². The fraction of sp³-hybridized carbons (Fsp3) is 0.263. The molecule has 6 heteroatoms. The zero-order valence-electron chi connectivity index (χ0n) is 13.6. The molecule has 0 atom stereocenters. The molecule has 2 aromatic rings. The first-order valence-electron chi connectivity index (χ1n) is 8.19. The number of hydrogen-bond donors (Lipinski definition) is 2. The summed E-state index contributed by atoms with van der Waals surface area (Å²) in [5.41, 5.74) is 1.09. The summed E-state index contributed by atoms with van der Waals surface area (Å²) >= 11 is 10.4. The SMILES string of the molecule is O=C(NC1CCN(C(=O)c2ccccc2Cl)CC1)c1ccccc1S. The normalized spacial score (nSPS) is 15.0. The third-order valence-electron chi connectivity index (χ3n) is 4.37. The number of nitrogens with one attached hydrogen (secondary N) is 1. The standard InChI is InChI=1S/C19H19ClN2O2S/c20-16-7-3-1-5-14(16)19(24)22-11-9-13(10-12-22)21-18(23)15-6-2-4-8-17(15)25/h1-8,13,25H,9-12H2,(H,21,23). The smallest absolute Gasteiger partial charge is 0.255 e. The maximum absolute atomic E-state index is 12.6. The van der Waals surface area contributed by atoms with Gasteiger partial charge >= 0.3 is 0 Å². The minimum absolute atomic E-state index is 0.0516. The van der Waals surface area contributed by atoms with Crippen molar-refractivity contribution in [3.63, 3.8) is 0 Å². The van der Waals surface area contributed by atoms with Gasteiger partial charge in [0.1, 0.15) is 0 Å². The zero-order chi connectivity index (χ0) is 17.8. The van der Waals surface area contributed by atoms with E-state index < -0.39 is 0 Å². The van der Waals surface area contributed by atoms with E-state index in [1.54, 1.807) is 41.3 Å². The predicted molar refractivity (Wildman–Crippen MR) is 102 cm³/mol. The summed E-state index contributed by atoms with van der Waals surface area (Å²) < 4.78 is 0. The highest BCUT2D eigenvalue weighted by Gasteiger charge is 2.26.